The highest BCUT2D eigenvalue weighted by Crippen LogP contribution is 2.25. The van der Waals surface area contributed by atoms with E-state index in [1.807, 2.05) is 18.2 Å². The third kappa shape index (κ3) is 4.02. The lowest BCUT2D eigenvalue weighted by molar-refractivity contribution is -0.00503. The van der Waals surface area contributed by atoms with Crippen molar-refractivity contribution < 1.29 is 9.15 Å². The molecule has 1 atom stereocenters. The molecular weight excluding hydrogens is 328 g/mol. The van der Waals surface area contributed by atoms with Gasteiger partial charge in [-0.2, -0.15) is 0 Å². The molecule has 0 aliphatic carbocycles. The van der Waals surface area contributed by atoms with E-state index in [0.717, 1.165) is 55.3 Å². The van der Waals surface area contributed by atoms with Crippen LogP contribution < -0.4 is 10.6 Å². The highest BCUT2D eigenvalue weighted by molar-refractivity contribution is 5.81. The number of para-hydroxylation sites is 1. The van der Waals surface area contributed by atoms with E-state index in [0.29, 0.717) is 0 Å². The fourth-order valence-electron chi connectivity index (χ4n) is 3.47. The standard InChI is InChI=1S/C20H30N4O2/c1-15(18-13-16-7-5-6-8-17(16)26-18)23-19(21-2)22-14-20(24(3)4)9-11-25-12-10-20/h5-8,13,15H,9-12,14H2,1-4H3,(H2,21,22,23). The minimum atomic E-state index is 0.0265. The Labute approximate surface area is 155 Å². The lowest BCUT2D eigenvalue weighted by Crippen LogP contribution is -2.57. The summed E-state index contributed by atoms with van der Waals surface area (Å²) >= 11 is 0. The number of aliphatic imine (C=N–C) groups is 1. The second-order valence-corrected chi connectivity index (χ2v) is 7.21. The van der Waals surface area contributed by atoms with Gasteiger partial charge in [0.05, 0.1) is 6.04 Å². The second kappa shape index (κ2) is 8.10. The molecule has 0 bridgehead atoms. The molecule has 26 heavy (non-hydrogen) atoms. The van der Waals surface area contributed by atoms with Gasteiger partial charge in [-0.25, -0.2) is 0 Å². The zero-order valence-electron chi connectivity index (χ0n) is 16.2. The van der Waals surface area contributed by atoms with E-state index in [1.54, 1.807) is 7.05 Å². The number of fused-ring (bicyclic) bond motifs is 1. The van der Waals surface area contributed by atoms with E-state index in [9.17, 15) is 0 Å². The summed E-state index contributed by atoms with van der Waals surface area (Å²) in [5.74, 6) is 1.69. The van der Waals surface area contributed by atoms with Gasteiger partial charge in [-0.1, -0.05) is 18.2 Å². The Morgan fingerprint density at radius 1 is 1.27 bits per heavy atom. The third-order valence-electron chi connectivity index (χ3n) is 5.41. The normalized spacial score (nSPS) is 18.9. The number of guanidine groups is 1. The Morgan fingerprint density at radius 2 is 2.00 bits per heavy atom. The largest absolute Gasteiger partial charge is 0.459 e. The summed E-state index contributed by atoms with van der Waals surface area (Å²) in [6.45, 7) is 4.53. The van der Waals surface area contributed by atoms with Gasteiger partial charge in [0.25, 0.3) is 0 Å². The molecule has 0 amide bonds. The average molecular weight is 358 g/mol. The van der Waals surface area contributed by atoms with E-state index in [4.69, 9.17) is 9.15 Å². The monoisotopic (exact) mass is 358 g/mol. The lowest BCUT2D eigenvalue weighted by atomic mass is 9.88. The van der Waals surface area contributed by atoms with E-state index >= 15 is 0 Å². The minimum absolute atomic E-state index is 0.0265. The zero-order valence-corrected chi connectivity index (χ0v) is 16.2. The van der Waals surface area contributed by atoms with Gasteiger partial charge < -0.3 is 24.7 Å². The van der Waals surface area contributed by atoms with Crippen LogP contribution in [-0.4, -0.2) is 57.3 Å². The van der Waals surface area contributed by atoms with Gasteiger partial charge in [-0.3, -0.25) is 4.99 Å². The van der Waals surface area contributed by atoms with Crippen LogP contribution in [0.4, 0.5) is 0 Å². The fourth-order valence-corrected chi connectivity index (χ4v) is 3.47. The van der Waals surface area contributed by atoms with E-state index in [-0.39, 0.29) is 11.6 Å². The number of nitrogens with one attached hydrogen (secondary N) is 2. The first-order valence-electron chi connectivity index (χ1n) is 9.25. The molecule has 2 heterocycles. The molecule has 1 aromatic heterocycles. The number of ether oxygens (including phenoxy) is 1. The van der Waals surface area contributed by atoms with E-state index in [1.165, 1.54) is 0 Å². The van der Waals surface area contributed by atoms with E-state index < -0.39 is 0 Å². The molecule has 6 heteroatoms. The Balaban J connectivity index is 1.63. The number of hydrogen-bond acceptors (Lipinski definition) is 4. The van der Waals surface area contributed by atoms with Gasteiger partial charge in [-0.15, -0.1) is 0 Å². The SMILES string of the molecule is CN=C(NCC1(N(C)C)CCOCC1)NC(C)c1cc2ccccc2o1. The van der Waals surface area contributed by atoms with Gasteiger partial charge in [0.15, 0.2) is 5.96 Å². The highest BCUT2D eigenvalue weighted by Gasteiger charge is 2.34. The topological polar surface area (TPSA) is 62.0 Å². The highest BCUT2D eigenvalue weighted by atomic mass is 16.5. The molecule has 1 saturated heterocycles. The molecule has 3 rings (SSSR count). The number of nitrogens with zero attached hydrogens (tertiary/aromatic N) is 2. The predicted octanol–water partition coefficient (Wildman–Crippen LogP) is 2.77. The van der Waals surface area contributed by atoms with Crippen molar-refractivity contribution in [1.29, 1.82) is 0 Å². The lowest BCUT2D eigenvalue weighted by Gasteiger charge is -2.43. The van der Waals surface area contributed by atoms with Crippen molar-refractivity contribution in [3.8, 4) is 0 Å². The van der Waals surface area contributed by atoms with Gasteiger partial charge in [0.1, 0.15) is 11.3 Å². The molecule has 0 radical (unpaired) electrons. The van der Waals surface area contributed by atoms with Crippen molar-refractivity contribution in [2.45, 2.75) is 31.3 Å². The van der Waals surface area contributed by atoms with Gasteiger partial charge >= 0.3 is 0 Å². The van der Waals surface area contributed by atoms with Crippen molar-refractivity contribution in [2.75, 3.05) is 40.9 Å². The number of rotatable bonds is 5. The Hall–Kier alpha value is -2.05. The maximum Gasteiger partial charge on any atom is 0.191 e. The Morgan fingerprint density at radius 3 is 2.65 bits per heavy atom. The first kappa shape index (κ1) is 18.7. The number of likely N-dealkylation sites (N-methyl/N-ethyl adjacent to an activating group) is 1. The smallest absolute Gasteiger partial charge is 0.191 e. The molecule has 1 aliphatic rings. The minimum Gasteiger partial charge on any atom is -0.459 e. The van der Waals surface area contributed by atoms with Crippen LogP contribution in [0.5, 0.6) is 0 Å². The zero-order chi connectivity index (χ0) is 18.6. The summed E-state index contributed by atoms with van der Waals surface area (Å²) in [6.07, 6.45) is 2.03. The van der Waals surface area contributed by atoms with Gasteiger partial charge in [0.2, 0.25) is 0 Å². The molecule has 142 valence electrons. The van der Waals surface area contributed by atoms with Gasteiger partial charge in [0, 0.05) is 37.7 Å². The van der Waals surface area contributed by atoms with Crippen LogP contribution in [0.2, 0.25) is 0 Å². The summed E-state index contributed by atoms with van der Waals surface area (Å²) in [7, 11) is 6.08. The summed E-state index contributed by atoms with van der Waals surface area (Å²) in [6, 6.07) is 10.2. The molecule has 1 aliphatic heterocycles. The van der Waals surface area contributed by atoms with Gasteiger partial charge in [-0.05, 0) is 46.0 Å². The van der Waals surface area contributed by atoms with Crippen molar-refractivity contribution in [1.82, 2.24) is 15.5 Å². The Bertz CT molecular complexity index is 714. The average Bonchev–Trinajstić information content (AvgIpc) is 3.10. The fraction of sp³-hybridized carbons (Fsp3) is 0.550. The molecule has 2 aromatic rings. The predicted molar refractivity (Wildman–Crippen MR) is 106 cm³/mol. The molecular formula is C20H30N4O2. The molecule has 1 unspecified atom stereocenters. The van der Waals surface area contributed by atoms with Crippen LogP contribution >= 0.6 is 0 Å². The van der Waals surface area contributed by atoms with Crippen molar-refractivity contribution in [2.24, 2.45) is 4.99 Å². The molecule has 1 aromatic carbocycles. The van der Waals surface area contributed by atoms with Crippen molar-refractivity contribution >= 4 is 16.9 Å². The molecule has 1 fully saturated rings. The summed E-state index contributed by atoms with van der Waals surface area (Å²) in [5.41, 5.74) is 1.01. The molecule has 2 N–H and O–H groups in total. The first-order chi connectivity index (χ1) is 12.5. The number of benzene rings is 1. The molecule has 0 saturated carbocycles. The van der Waals surface area contributed by atoms with Crippen molar-refractivity contribution in [3.05, 3.63) is 36.1 Å². The summed E-state index contributed by atoms with van der Waals surface area (Å²) < 4.78 is 11.5. The maximum atomic E-state index is 5.96. The van der Waals surface area contributed by atoms with Crippen LogP contribution in [0.25, 0.3) is 11.0 Å². The summed E-state index contributed by atoms with van der Waals surface area (Å²) in [4.78, 5) is 6.69. The first-order valence-corrected chi connectivity index (χ1v) is 9.25. The van der Waals surface area contributed by atoms with Crippen molar-refractivity contribution in [3.63, 3.8) is 0 Å². The summed E-state index contributed by atoms with van der Waals surface area (Å²) in [5, 5.41) is 8.05. The van der Waals surface area contributed by atoms with E-state index in [2.05, 4.69) is 53.7 Å². The molecule has 6 nitrogen and oxygen atoms in total. The second-order valence-electron chi connectivity index (χ2n) is 7.21. The Kier molecular flexibility index (Phi) is 5.84. The number of hydrogen-bond donors (Lipinski definition) is 2. The quantitative estimate of drug-likeness (QED) is 0.636. The number of furan rings is 1. The molecule has 0 spiro atoms. The van der Waals surface area contributed by atoms with Crippen LogP contribution in [0, 0.1) is 0 Å². The third-order valence-corrected chi connectivity index (χ3v) is 5.41. The maximum absolute atomic E-state index is 5.96. The van der Waals surface area contributed by atoms with Crippen LogP contribution in [0.15, 0.2) is 39.7 Å². The van der Waals surface area contributed by atoms with Crippen LogP contribution in [0.3, 0.4) is 0 Å². The van der Waals surface area contributed by atoms with Crippen LogP contribution in [-0.2, 0) is 4.74 Å². The van der Waals surface area contributed by atoms with Crippen LogP contribution in [0.1, 0.15) is 31.6 Å².